The zero-order valence-electron chi connectivity index (χ0n) is 12.6. The highest BCUT2D eigenvalue weighted by molar-refractivity contribution is 7.89. The van der Waals surface area contributed by atoms with Gasteiger partial charge in [-0.25, -0.2) is 22.9 Å². The summed E-state index contributed by atoms with van der Waals surface area (Å²) in [6.07, 6.45) is 2.09. The van der Waals surface area contributed by atoms with Gasteiger partial charge in [0.2, 0.25) is 10.0 Å². The van der Waals surface area contributed by atoms with Gasteiger partial charge in [0.05, 0.1) is 5.02 Å². The lowest BCUT2D eigenvalue weighted by Crippen LogP contribution is -2.26. The number of benzene rings is 1. The summed E-state index contributed by atoms with van der Waals surface area (Å²) in [4.78, 5) is 6.15. The number of halogens is 2. The van der Waals surface area contributed by atoms with Crippen LogP contribution in [0.3, 0.4) is 0 Å². The molecule has 1 aliphatic heterocycles. The smallest absolute Gasteiger partial charge is 0.239 e. The maximum atomic E-state index is 13.2. The van der Waals surface area contributed by atoms with E-state index in [1.54, 1.807) is 18.2 Å². The number of nitrogens with one attached hydrogen (secondary N) is 1. The summed E-state index contributed by atoms with van der Waals surface area (Å²) in [6, 6.07) is 7.79. The summed E-state index contributed by atoms with van der Waals surface area (Å²) in [5, 5.41) is 8.39. The molecule has 0 bridgehead atoms. The Labute approximate surface area is 144 Å². The first-order valence-corrected chi connectivity index (χ1v) is 9.21. The molecule has 3 N–H and O–H groups in total. The van der Waals surface area contributed by atoms with Crippen LogP contribution in [0.1, 0.15) is 6.42 Å². The van der Waals surface area contributed by atoms with E-state index in [4.69, 9.17) is 16.7 Å². The maximum Gasteiger partial charge on any atom is 0.239 e. The number of primary sulfonamides is 1. The highest BCUT2D eigenvalue weighted by atomic mass is 35.5. The first-order valence-electron chi connectivity index (χ1n) is 7.28. The lowest BCUT2D eigenvalue weighted by Gasteiger charge is -2.19. The average molecular weight is 371 g/mol. The third-order valence-corrected chi connectivity index (χ3v) is 5.06. The van der Waals surface area contributed by atoms with E-state index in [0.717, 1.165) is 18.7 Å². The van der Waals surface area contributed by atoms with E-state index >= 15 is 0 Å². The summed E-state index contributed by atoms with van der Waals surface area (Å²) in [6.45, 7) is 1.51. The van der Waals surface area contributed by atoms with Crippen molar-refractivity contribution in [2.24, 2.45) is 5.14 Å². The molecule has 1 aliphatic rings. The number of nitrogens with zero attached hydrogens (tertiary/aromatic N) is 2. The van der Waals surface area contributed by atoms with Gasteiger partial charge in [0.25, 0.3) is 0 Å². The van der Waals surface area contributed by atoms with Crippen LogP contribution in [0, 0.1) is 5.82 Å². The fraction of sp³-hybridized carbons (Fsp3) is 0.267. The van der Waals surface area contributed by atoms with Crippen molar-refractivity contribution in [2.75, 3.05) is 23.3 Å². The summed E-state index contributed by atoms with van der Waals surface area (Å²) < 4.78 is 35.7. The molecular weight excluding hydrogens is 355 g/mol. The molecule has 1 aromatic carbocycles. The van der Waals surface area contributed by atoms with Crippen LogP contribution in [0.15, 0.2) is 41.4 Å². The molecule has 1 unspecified atom stereocenters. The lowest BCUT2D eigenvalue weighted by molar-refractivity contribution is 0.597. The molecule has 2 heterocycles. The average Bonchev–Trinajstić information content (AvgIpc) is 2.98. The minimum absolute atomic E-state index is 0.0259. The second kappa shape index (κ2) is 6.54. The predicted octanol–water partition coefficient (Wildman–Crippen LogP) is 2.21. The van der Waals surface area contributed by atoms with Crippen LogP contribution < -0.4 is 15.4 Å². The Bertz CT molecular complexity index is 845. The Hall–Kier alpha value is -1.90. The van der Waals surface area contributed by atoms with Crippen molar-refractivity contribution in [3.8, 4) is 0 Å². The van der Waals surface area contributed by atoms with Crippen LogP contribution in [0.25, 0.3) is 0 Å². The standard InChI is InChI=1S/C15H16ClFN4O2S/c16-13-7-11(1-3-14(13)17)21-6-5-10(9-21)20-15-4-2-12(8-19-15)24(18,22)23/h1-4,7-8,10H,5-6,9H2,(H,19,20)(H2,18,22,23). The Kier molecular flexibility index (Phi) is 4.62. The van der Waals surface area contributed by atoms with Gasteiger partial charge in [0, 0.05) is 31.0 Å². The monoisotopic (exact) mass is 370 g/mol. The zero-order valence-corrected chi connectivity index (χ0v) is 14.2. The van der Waals surface area contributed by atoms with Gasteiger partial charge >= 0.3 is 0 Å². The van der Waals surface area contributed by atoms with E-state index < -0.39 is 15.8 Å². The second-order valence-corrected chi connectivity index (χ2v) is 7.57. The van der Waals surface area contributed by atoms with E-state index in [9.17, 15) is 12.8 Å². The second-order valence-electron chi connectivity index (χ2n) is 5.60. The van der Waals surface area contributed by atoms with E-state index in [0.29, 0.717) is 12.4 Å². The molecule has 0 amide bonds. The minimum Gasteiger partial charge on any atom is -0.369 e. The number of hydrogen-bond donors (Lipinski definition) is 2. The molecule has 0 saturated carbocycles. The summed E-state index contributed by atoms with van der Waals surface area (Å²) in [7, 11) is -3.74. The molecule has 9 heteroatoms. The van der Waals surface area contributed by atoms with Crippen molar-refractivity contribution in [3.05, 3.63) is 47.4 Å². The number of anilines is 2. The highest BCUT2D eigenvalue weighted by Gasteiger charge is 2.23. The molecule has 6 nitrogen and oxygen atoms in total. The van der Waals surface area contributed by atoms with Crippen LogP contribution in [0.2, 0.25) is 5.02 Å². The molecule has 1 saturated heterocycles. The molecule has 1 aromatic heterocycles. The number of rotatable bonds is 4. The van der Waals surface area contributed by atoms with E-state index in [1.807, 2.05) is 0 Å². The SMILES string of the molecule is NS(=O)(=O)c1ccc(NC2CCN(c3ccc(F)c(Cl)c3)C2)nc1. The van der Waals surface area contributed by atoms with Gasteiger partial charge in [-0.3, -0.25) is 0 Å². The zero-order chi connectivity index (χ0) is 17.3. The minimum atomic E-state index is -3.74. The summed E-state index contributed by atoms with van der Waals surface area (Å²) in [5.74, 6) is 0.139. The number of hydrogen-bond acceptors (Lipinski definition) is 5. The van der Waals surface area contributed by atoms with Crippen LogP contribution in [0.5, 0.6) is 0 Å². The fourth-order valence-electron chi connectivity index (χ4n) is 2.64. The summed E-state index contributed by atoms with van der Waals surface area (Å²) in [5.41, 5.74) is 0.864. The van der Waals surface area contributed by atoms with E-state index in [1.165, 1.54) is 18.3 Å². The Morgan fingerprint density at radius 1 is 1.33 bits per heavy atom. The van der Waals surface area contributed by atoms with Crippen molar-refractivity contribution in [1.82, 2.24) is 4.98 Å². The number of nitrogens with two attached hydrogens (primary N) is 1. The van der Waals surface area contributed by atoms with Gasteiger partial charge in [0.1, 0.15) is 16.5 Å². The molecule has 2 aromatic rings. The fourth-order valence-corrected chi connectivity index (χ4v) is 3.27. The third-order valence-electron chi connectivity index (χ3n) is 3.87. The quantitative estimate of drug-likeness (QED) is 0.861. The van der Waals surface area contributed by atoms with Crippen LogP contribution in [-0.4, -0.2) is 32.5 Å². The van der Waals surface area contributed by atoms with Crippen LogP contribution in [-0.2, 0) is 10.0 Å². The molecular formula is C15H16ClFN4O2S. The first-order chi connectivity index (χ1) is 11.3. The van der Waals surface area contributed by atoms with Gasteiger partial charge in [-0.05, 0) is 36.8 Å². The lowest BCUT2D eigenvalue weighted by atomic mass is 10.2. The van der Waals surface area contributed by atoms with Gasteiger partial charge < -0.3 is 10.2 Å². The largest absolute Gasteiger partial charge is 0.369 e. The predicted molar refractivity (Wildman–Crippen MR) is 91.3 cm³/mol. The third kappa shape index (κ3) is 3.77. The van der Waals surface area contributed by atoms with Crippen LogP contribution in [0.4, 0.5) is 15.9 Å². The molecule has 24 heavy (non-hydrogen) atoms. The van der Waals surface area contributed by atoms with Gasteiger partial charge in [-0.1, -0.05) is 11.6 Å². The Morgan fingerprint density at radius 3 is 2.75 bits per heavy atom. The highest BCUT2D eigenvalue weighted by Crippen LogP contribution is 2.26. The van der Waals surface area contributed by atoms with Crippen molar-refractivity contribution in [2.45, 2.75) is 17.4 Å². The Morgan fingerprint density at radius 2 is 2.12 bits per heavy atom. The molecule has 128 valence electrons. The van der Waals surface area contributed by atoms with Gasteiger partial charge in [-0.15, -0.1) is 0 Å². The van der Waals surface area contributed by atoms with Gasteiger partial charge in [-0.2, -0.15) is 0 Å². The van der Waals surface area contributed by atoms with E-state index in [2.05, 4.69) is 15.2 Å². The molecule has 1 atom stereocenters. The molecule has 1 fully saturated rings. The summed E-state index contributed by atoms with van der Waals surface area (Å²) >= 11 is 5.82. The first kappa shape index (κ1) is 16.9. The van der Waals surface area contributed by atoms with Crippen molar-refractivity contribution >= 4 is 33.1 Å². The Balaban J connectivity index is 1.64. The van der Waals surface area contributed by atoms with Crippen molar-refractivity contribution in [3.63, 3.8) is 0 Å². The molecule has 3 rings (SSSR count). The van der Waals surface area contributed by atoms with Crippen molar-refractivity contribution < 1.29 is 12.8 Å². The number of aromatic nitrogens is 1. The topological polar surface area (TPSA) is 88.3 Å². The maximum absolute atomic E-state index is 13.2. The molecule has 0 spiro atoms. The van der Waals surface area contributed by atoms with Crippen LogP contribution >= 0.6 is 11.6 Å². The van der Waals surface area contributed by atoms with E-state index in [-0.39, 0.29) is 16.0 Å². The molecule has 0 radical (unpaired) electrons. The number of sulfonamides is 1. The molecule has 0 aliphatic carbocycles. The normalized spacial score (nSPS) is 18.0. The van der Waals surface area contributed by atoms with Crippen molar-refractivity contribution in [1.29, 1.82) is 0 Å². The number of pyridine rings is 1. The van der Waals surface area contributed by atoms with Gasteiger partial charge in [0.15, 0.2) is 0 Å².